The lowest BCUT2D eigenvalue weighted by Gasteiger charge is -2.35. The van der Waals surface area contributed by atoms with Crippen LogP contribution in [0.15, 0.2) is 0 Å². The van der Waals surface area contributed by atoms with Crippen molar-refractivity contribution in [1.29, 1.82) is 0 Å². The molecule has 0 radical (unpaired) electrons. The normalized spacial score (nSPS) is 16.9. The number of unbranched alkanes of at least 4 members (excludes halogenated alkanes) is 3. The summed E-state index contributed by atoms with van der Waals surface area (Å²) in [6, 6.07) is 0. The van der Waals surface area contributed by atoms with Crippen LogP contribution < -0.4 is 0 Å². The Morgan fingerprint density at radius 3 is 1.94 bits per heavy atom. The highest BCUT2D eigenvalue weighted by Crippen LogP contribution is 2.36. The first-order chi connectivity index (χ1) is 7.64. The minimum absolute atomic E-state index is 0.0418. The maximum atomic E-state index is 13.7. The minimum Gasteiger partial charge on any atom is -0.387 e. The predicted octanol–water partition coefficient (Wildman–Crippen LogP) is 3.36. The lowest BCUT2D eigenvalue weighted by Crippen LogP contribution is -2.50. The van der Waals surface area contributed by atoms with Gasteiger partial charge in [0.15, 0.2) is 0 Å². The summed E-state index contributed by atoms with van der Waals surface area (Å²) in [5, 5.41) is 19.1. The van der Waals surface area contributed by atoms with Crippen LogP contribution in [-0.2, 0) is 0 Å². The highest BCUT2D eigenvalue weighted by molar-refractivity contribution is 4.90. The van der Waals surface area contributed by atoms with Gasteiger partial charge in [0, 0.05) is 0 Å². The van der Waals surface area contributed by atoms with Crippen molar-refractivity contribution in [3.63, 3.8) is 0 Å². The molecule has 0 unspecified atom stereocenters. The third-order valence-electron chi connectivity index (χ3n) is 2.96. The van der Waals surface area contributed by atoms with Crippen molar-refractivity contribution in [3.05, 3.63) is 0 Å². The van der Waals surface area contributed by atoms with Crippen LogP contribution in [0.5, 0.6) is 0 Å². The van der Waals surface area contributed by atoms with Gasteiger partial charge in [0.25, 0.3) is 5.92 Å². The van der Waals surface area contributed by atoms with Crippen LogP contribution in [0, 0.1) is 5.41 Å². The second-order valence-corrected chi connectivity index (χ2v) is 5.81. The van der Waals surface area contributed by atoms with E-state index in [1.54, 1.807) is 0 Å². The second-order valence-electron chi connectivity index (χ2n) is 5.81. The predicted molar refractivity (Wildman–Crippen MR) is 65.2 cm³/mol. The molecule has 0 amide bonds. The fourth-order valence-corrected chi connectivity index (χ4v) is 1.72. The largest absolute Gasteiger partial charge is 0.387 e. The van der Waals surface area contributed by atoms with E-state index in [1.165, 1.54) is 20.8 Å². The van der Waals surface area contributed by atoms with Gasteiger partial charge in [-0.25, -0.2) is 8.78 Å². The smallest absolute Gasteiger partial charge is 0.299 e. The Labute approximate surface area is 103 Å². The molecule has 2 atom stereocenters. The molecule has 0 bridgehead atoms. The van der Waals surface area contributed by atoms with Crippen LogP contribution in [0.3, 0.4) is 0 Å². The van der Waals surface area contributed by atoms with E-state index in [4.69, 9.17) is 0 Å². The van der Waals surface area contributed by atoms with Crippen LogP contribution in [-0.4, -0.2) is 28.3 Å². The summed E-state index contributed by atoms with van der Waals surface area (Å²) >= 11 is 0. The van der Waals surface area contributed by atoms with E-state index < -0.39 is 23.5 Å². The molecular formula is C13H26F2O2. The van der Waals surface area contributed by atoms with Crippen molar-refractivity contribution in [2.45, 2.75) is 77.9 Å². The molecule has 0 aliphatic heterocycles. The van der Waals surface area contributed by atoms with Crippen LogP contribution in [0.25, 0.3) is 0 Å². The van der Waals surface area contributed by atoms with E-state index in [0.717, 1.165) is 19.3 Å². The SMILES string of the molecule is CCCCCC[C@@H](O)C(F)(F)[C@H](O)C(C)(C)C. The third-order valence-corrected chi connectivity index (χ3v) is 2.96. The first-order valence-corrected chi connectivity index (χ1v) is 6.38. The molecule has 0 aromatic heterocycles. The number of alkyl halides is 2. The lowest BCUT2D eigenvalue weighted by molar-refractivity contribution is -0.205. The molecule has 0 fully saturated rings. The number of aliphatic hydroxyl groups excluding tert-OH is 2. The molecule has 0 saturated carbocycles. The molecule has 2 N–H and O–H groups in total. The zero-order chi connectivity index (χ0) is 13.7. The van der Waals surface area contributed by atoms with Gasteiger partial charge in [0.05, 0.1) is 0 Å². The quantitative estimate of drug-likeness (QED) is 0.682. The van der Waals surface area contributed by atoms with E-state index in [9.17, 15) is 19.0 Å². The van der Waals surface area contributed by atoms with Crippen LogP contribution >= 0.6 is 0 Å². The van der Waals surface area contributed by atoms with Gasteiger partial charge in [-0.2, -0.15) is 0 Å². The van der Waals surface area contributed by atoms with Gasteiger partial charge in [0.2, 0.25) is 0 Å². The number of aliphatic hydroxyl groups is 2. The standard InChI is InChI=1S/C13H26F2O2/c1-5-6-7-8-9-10(16)13(14,15)11(17)12(2,3)4/h10-11,16-17H,5-9H2,1-4H3/t10-,11-/m1/s1. The third kappa shape index (κ3) is 5.30. The zero-order valence-electron chi connectivity index (χ0n) is 11.3. The molecule has 2 nitrogen and oxygen atoms in total. The maximum absolute atomic E-state index is 13.7. The molecule has 17 heavy (non-hydrogen) atoms. The summed E-state index contributed by atoms with van der Waals surface area (Å²) in [7, 11) is 0. The van der Waals surface area contributed by atoms with Crippen molar-refractivity contribution in [3.8, 4) is 0 Å². The van der Waals surface area contributed by atoms with Crippen molar-refractivity contribution in [2.24, 2.45) is 5.41 Å². The fraction of sp³-hybridized carbons (Fsp3) is 1.00. The van der Waals surface area contributed by atoms with E-state index in [0.29, 0.717) is 6.42 Å². The first-order valence-electron chi connectivity index (χ1n) is 6.38. The molecule has 0 aromatic carbocycles. The van der Waals surface area contributed by atoms with Gasteiger partial charge in [-0.15, -0.1) is 0 Å². The van der Waals surface area contributed by atoms with E-state index in [2.05, 4.69) is 0 Å². The van der Waals surface area contributed by atoms with E-state index in [-0.39, 0.29) is 6.42 Å². The molecule has 0 spiro atoms. The number of hydrogen-bond acceptors (Lipinski definition) is 2. The summed E-state index contributed by atoms with van der Waals surface area (Å²) in [5.74, 6) is -3.44. The molecule has 0 aliphatic rings. The van der Waals surface area contributed by atoms with Crippen LogP contribution in [0.1, 0.15) is 59.8 Å². The Kier molecular flexibility index (Phi) is 6.56. The fourth-order valence-electron chi connectivity index (χ4n) is 1.72. The molecule has 4 heteroatoms. The average molecular weight is 252 g/mol. The van der Waals surface area contributed by atoms with Gasteiger partial charge in [0.1, 0.15) is 12.2 Å². The second kappa shape index (κ2) is 6.64. The Balaban J connectivity index is 4.29. The Morgan fingerprint density at radius 2 is 1.53 bits per heavy atom. The molecule has 0 saturated heterocycles. The lowest BCUT2D eigenvalue weighted by atomic mass is 9.82. The summed E-state index contributed by atoms with van der Waals surface area (Å²) in [4.78, 5) is 0. The van der Waals surface area contributed by atoms with Crippen LogP contribution in [0.2, 0.25) is 0 Å². The topological polar surface area (TPSA) is 40.5 Å². The van der Waals surface area contributed by atoms with Gasteiger partial charge >= 0.3 is 0 Å². The molecule has 0 aromatic rings. The molecule has 0 aliphatic carbocycles. The molecule has 104 valence electrons. The summed E-state index contributed by atoms with van der Waals surface area (Å²) < 4.78 is 27.4. The number of rotatable bonds is 7. The van der Waals surface area contributed by atoms with Gasteiger partial charge in [-0.3, -0.25) is 0 Å². The van der Waals surface area contributed by atoms with Gasteiger partial charge in [-0.1, -0.05) is 53.4 Å². The van der Waals surface area contributed by atoms with Crippen molar-refractivity contribution < 1.29 is 19.0 Å². The number of hydrogen-bond donors (Lipinski definition) is 2. The van der Waals surface area contributed by atoms with Gasteiger partial charge < -0.3 is 10.2 Å². The Hall–Kier alpha value is -0.220. The summed E-state index contributed by atoms with van der Waals surface area (Å²) in [5.41, 5.74) is -0.937. The molecule has 0 heterocycles. The Morgan fingerprint density at radius 1 is 1.00 bits per heavy atom. The Bertz CT molecular complexity index is 212. The maximum Gasteiger partial charge on any atom is 0.299 e. The monoisotopic (exact) mass is 252 g/mol. The molecule has 0 rings (SSSR count). The van der Waals surface area contributed by atoms with Crippen molar-refractivity contribution >= 4 is 0 Å². The summed E-state index contributed by atoms with van der Waals surface area (Å²) in [6.45, 7) is 6.65. The highest BCUT2D eigenvalue weighted by Gasteiger charge is 2.50. The first kappa shape index (κ1) is 16.8. The minimum atomic E-state index is -3.44. The zero-order valence-corrected chi connectivity index (χ0v) is 11.3. The van der Waals surface area contributed by atoms with Crippen molar-refractivity contribution in [1.82, 2.24) is 0 Å². The van der Waals surface area contributed by atoms with Gasteiger partial charge in [-0.05, 0) is 11.8 Å². The van der Waals surface area contributed by atoms with Crippen LogP contribution in [0.4, 0.5) is 8.78 Å². The van der Waals surface area contributed by atoms with E-state index >= 15 is 0 Å². The summed E-state index contributed by atoms with van der Waals surface area (Å²) in [6.07, 6.45) is -0.113. The average Bonchev–Trinajstić information content (AvgIpc) is 2.21. The number of halogens is 2. The highest BCUT2D eigenvalue weighted by atomic mass is 19.3. The molecular weight excluding hydrogens is 226 g/mol. The van der Waals surface area contributed by atoms with Crippen molar-refractivity contribution in [2.75, 3.05) is 0 Å². The van der Waals surface area contributed by atoms with E-state index in [1.807, 2.05) is 6.92 Å².